The second kappa shape index (κ2) is 4.87. The summed E-state index contributed by atoms with van der Waals surface area (Å²) in [6.45, 7) is 2.10. The van der Waals surface area contributed by atoms with Gasteiger partial charge in [0.2, 0.25) is 0 Å². The van der Waals surface area contributed by atoms with Gasteiger partial charge < -0.3 is 4.98 Å². The minimum absolute atomic E-state index is 0.741. The van der Waals surface area contributed by atoms with Crippen molar-refractivity contribution in [2.24, 2.45) is 0 Å². The fourth-order valence-corrected chi connectivity index (χ4v) is 3.21. The summed E-state index contributed by atoms with van der Waals surface area (Å²) < 4.78 is 2.86. The van der Waals surface area contributed by atoms with Gasteiger partial charge in [0, 0.05) is 4.90 Å². The van der Waals surface area contributed by atoms with Crippen molar-refractivity contribution in [2.75, 3.05) is 6.26 Å². The van der Waals surface area contributed by atoms with Crippen LogP contribution in [-0.2, 0) is 0 Å². The summed E-state index contributed by atoms with van der Waals surface area (Å²) in [5.74, 6) is 0. The molecule has 0 unspecified atom stereocenters. The van der Waals surface area contributed by atoms with Crippen molar-refractivity contribution < 1.29 is 0 Å². The van der Waals surface area contributed by atoms with Gasteiger partial charge in [0.25, 0.3) is 0 Å². The molecule has 0 amide bonds. The topological polar surface area (TPSA) is 20.7 Å². The number of rotatable bonds is 2. The Morgan fingerprint density at radius 2 is 1.89 bits per heavy atom. The highest BCUT2D eigenvalue weighted by molar-refractivity contribution is 7.98. The Balaban J connectivity index is 2.40. The number of aryl methyl sites for hydroxylation is 1. The number of hydrogen-bond donors (Lipinski definition) is 1. The number of nitrogens with zero attached hydrogens (tertiary/aromatic N) is 1. The molecule has 0 aliphatic carbocycles. The lowest BCUT2D eigenvalue weighted by molar-refractivity contribution is 1.03. The van der Waals surface area contributed by atoms with Crippen molar-refractivity contribution in [1.29, 1.82) is 0 Å². The van der Waals surface area contributed by atoms with E-state index in [0.29, 0.717) is 0 Å². The molecular weight excluding hydrogens is 272 g/mol. The highest BCUT2D eigenvalue weighted by Gasteiger charge is 2.10. The standard InChI is InChI=1S/C15H14N2S2/c1-10-6-5-8-12-14(10)16-15(18)17(12)11-7-3-4-9-13(11)19-2/h3-9H,1-2H3,(H,16,18). The molecule has 2 nitrogen and oxygen atoms in total. The molecule has 0 saturated heterocycles. The molecule has 0 aliphatic rings. The van der Waals surface area contributed by atoms with E-state index in [1.807, 2.05) is 6.07 Å². The molecule has 2 aromatic carbocycles. The molecule has 1 heterocycles. The molecule has 0 fully saturated rings. The molecule has 0 saturated carbocycles. The van der Waals surface area contributed by atoms with E-state index in [9.17, 15) is 0 Å². The summed E-state index contributed by atoms with van der Waals surface area (Å²) in [7, 11) is 0. The van der Waals surface area contributed by atoms with Crippen LogP contribution in [0.5, 0.6) is 0 Å². The number of fused-ring (bicyclic) bond motifs is 1. The average molecular weight is 286 g/mol. The van der Waals surface area contributed by atoms with Crippen molar-refractivity contribution in [2.45, 2.75) is 11.8 Å². The van der Waals surface area contributed by atoms with E-state index >= 15 is 0 Å². The molecule has 0 spiro atoms. The third-order valence-electron chi connectivity index (χ3n) is 3.25. The van der Waals surface area contributed by atoms with Crippen LogP contribution in [0.25, 0.3) is 16.7 Å². The van der Waals surface area contributed by atoms with Crippen LogP contribution in [0.3, 0.4) is 0 Å². The Kier molecular flexibility index (Phi) is 3.21. The van der Waals surface area contributed by atoms with Crippen molar-refractivity contribution in [1.82, 2.24) is 9.55 Å². The number of nitrogens with one attached hydrogen (secondary N) is 1. The monoisotopic (exact) mass is 286 g/mol. The first-order valence-electron chi connectivity index (χ1n) is 6.06. The van der Waals surface area contributed by atoms with Gasteiger partial charge >= 0.3 is 0 Å². The third-order valence-corrected chi connectivity index (χ3v) is 4.32. The number of para-hydroxylation sites is 2. The quantitative estimate of drug-likeness (QED) is 0.543. The van der Waals surface area contributed by atoms with Crippen LogP contribution < -0.4 is 0 Å². The highest BCUT2D eigenvalue weighted by Crippen LogP contribution is 2.28. The fraction of sp³-hybridized carbons (Fsp3) is 0.133. The zero-order valence-electron chi connectivity index (χ0n) is 10.8. The third kappa shape index (κ3) is 2.01. The minimum atomic E-state index is 0.741. The Morgan fingerprint density at radius 3 is 2.68 bits per heavy atom. The highest BCUT2D eigenvalue weighted by atomic mass is 32.2. The first kappa shape index (κ1) is 12.5. The number of thioether (sulfide) groups is 1. The Bertz CT molecular complexity index is 799. The Morgan fingerprint density at radius 1 is 1.11 bits per heavy atom. The maximum Gasteiger partial charge on any atom is 0.182 e. The molecule has 1 aromatic heterocycles. The van der Waals surface area contributed by atoms with Crippen LogP contribution in [-0.4, -0.2) is 15.8 Å². The molecule has 0 bridgehead atoms. The van der Waals surface area contributed by atoms with Gasteiger partial charge in [-0.25, -0.2) is 0 Å². The summed E-state index contributed by atoms with van der Waals surface area (Å²) in [6, 6.07) is 14.6. The SMILES string of the molecule is CSc1ccccc1-n1c(=S)[nH]c2c(C)cccc21. The molecule has 4 heteroatoms. The van der Waals surface area contributed by atoms with Gasteiger partial charge in [-0.3, -0.25) is 4.57 Å². The van der Waals surface area contributed by atoms with Gasteiger partial charge in [-0.1, -0.05) is 24.3 Å². The molecule has 0 radical (unpaired) electrons. The number of hydrogen-bond acceptors (Lipinski definition) is 2. The van der Waals surface area contributed by atoms with E-state index < -0.39 is 0 Å². The summed E-state index contributed by atoms with van der Waals surface area (Å²) in [5.41, 5.74) is 4.59. The van der Waals surface area contributed by atoms with Crippen LogP contribution in [0.1, 0.15) is 5.56 Å². The zero-order valence-corrected chi connectivity index (χ0v) is 12.4. The second-order valence-corrected chi connectivity index (χ2v) is 5.64. The zero-order chi connectivity index (χ0) is 13.4. The molecule has 19 heavy (non-hydrogen) atoms. The lowest BCUT2D eigenvalue weighted by Gasteiger charge is -2.09. The largest absolute Gasteiger partial charge is 0.330 e. The van der Waals surface area contributed by atoms with Crippen molar-refractivity contribution in [3.63, 3.8) is 0 Å². The van der Waals surface area contributed by atoms with Gasteiger partial charge in [0.1, 0.15) is 0 Å². The molecule has 3 rings (SSSR count). The molecule has 0 atom stereocenters. The maximum absolute atomic E-state index is 5.50. The van der Waals surface area contributed by atoms with Crippen LogP contribution >= 0.6 is 24.0 Å². The van der Waals surface area contributed by atoms with E-state index in [2.05, 4.69) is 59.1 Å². The number of aromatic nitrogens is 2. The normalized spacial score (nSPS) is 11.1. The molecule has 3 aromatic rings. The smallest absolute Gasteiger partial charge is 0.182 e. The lowest BCUT2D eigenvalue weighted by atomic mass is 10.2. The first-order chi connectivity index (χ1) is 9.22. The van der Waals surface area contributed by atoms with E-state index in [1.54, 1.807) is 11.8 Å². The fourth-order valence-electron chi connectivity index (χ4n) is 2.33. The second-order valence-electron chi connectivity index (χ2n) is 4.41. The van der Waals surface area contributed by atoms with Gasteiger partial charge in [0.15, 0.2) is 4.77 Å². The predicted molar refractivity (Wildman–Crippen MR) is 85.0 cm³/mol. The van der Waals surface area contributed by atoms with Crippen LogP contribution in [0.4, 0.5) is 0 Å². The summed E-state index contributed by atoms with van der Waals surface area (Å²) in [6.07, 6.45) is 2.09. The molecule has 1 N–H and O–H groups in total. The summed E-state index contributed by atoms with van der Waals surface area (Å²) in [4.78, 5) is 4.54. The first-order valence-corrected chi connectivity index (χ1v) is 7.69. The minimum Gasteiger partial charge on any atom is -0.330 e. The number of imidazole rings is 1. The van der Waals surface area contributed by atoms with Gasteiger partial charge in [0.05, 0.1) is 16.7 Å². The van der Waals surface area contributed by atoms with Crippen LogP contribution in [0.15, 0.2) is 47.4 Å². The van der Waals surface area contributed by atoms with Crippen LogP contribution in [0, 0.1) is 11.7 Å². The van der Waals surface area contributed by atoms with Crippen molar-refractivity contribution >= 4 is 35.0 Å². The molecule has 0 aliphatic heterocycles. The van der Waals surface area contributed by atoms with Gasteiger partial charge in [-0.2, -0.15) is 0 Å². The Hall–Kier alpha value is -1.52. The van der Waals surface area contributed by atoms with Crippen molar-refractivity contribution in [3.8, 4) is 5.69 Å². The van der Waals surface area contributed by atoms with Crippen molar-refractivity contribution in [3.05, 3.63) is 52.8 Å². The van der Waals surface area contributed by atoms with Crippen LogP contribution in [0.2, 0.25) is 0 Å². The summed E-state index contributed by atoms with van der Waals surface area (Å²) >= 11 is 7.23. The van der Waals surface area contributed by atoms with E-state index in [1.165, 1.54) is 10.5 Å². The Labute approximate surface area is 121 Å². The average Bonchev–Trinajstić information content (AvgIpc) is 2.76. The predicted octanol–water partition coefficient (Wildman–Crippen LogP) is 4.72. The van der Waals surface area contributed by atoms with Gasteiger partial charge in [-0.05, 0) is 49.2 Å². The number of H-pyrrole nitrogens is 1. The molecular formula is C15H14N2S2. The van der Waals surface area contributed by atoms with E-state index in [4.69, 9.17) is 12.2 Å². The summed E-state index contributed by atoms with van der Waals surface area (Å²) in [5, 5.41) is 0. The van der Waals surface area contributed by atoms with E-state index in [-0.39, 0.29) is 0 Å². The lowest BCUT2D eigenvalue weighted by Crippen LogP contribution is -1.95. The maximum atomic E-state index is 5.50. The number of benzene rings is 2. The van der Waals surface area contributed by atoms with E-state index in [0.717, 1.165) is 21.5 Å². The number of aromatic amines is 1. The van der Waals surface area contributed by atoms with Gasteiger partial charge in [-0.15, -0.1) is 11.8 Å². The molecule has 96 valence electrons.